The number of esters is 1. The van der Waals surface area contributed by atoms with Crippen molar-refractivity contribution >= 4 is 29.5 Å². The molecule has 0 fully saturated rings. The predicted octanol–water partition coefficient (Wildman–Crippen LogP) is 4.28. The van der Waals surface area contributed by atoms with Crippen molar-refractivity contribution in [3.05, 3.63) is 65.5 Å². The first-order valence-electron chi connectivity index (χ1n) is 7.20. The largest absolute Gasteiger partial charge is 0.463 e. The molecule has 0 spiro atoms. The lowest BCUT2D eigenvalue weighted by molar-refractivity contribution is -0.137. The maximum absolute atomic E-state index is 14.0. The van der Waals surface area contributed by atoms with Gasteiger partial charge in [-0.25, -0.2) is 9.18 Å². The van der Waals surface area contributed by atoms with Crippen LogP contribution in [-0.2, 0) is 15.3 Å². The highest BCUT2D eigenvalue weighted by Gasteiger charge is 2.08. The second-order valence-electron chi connectivity index (χ2n) is 4.77. The first kappa shape index (κ1) is 17.1. The Kier molecular flexibility index (Phi) is 6.23. The van der Waals surface area contributed by atoms with Gasteiger partial charge in [-0.2, -0.15) is 0 Å². The van der Waals surface area contributed by atoms with Crippen LogP contribution in [0.3, 0.4) is 0 Å². The molecular formula is C18H18FNO2S. The number of carbonyl (C=O) groups excluding carboxylic acids is 1. The van der Waals surface area contributed by atoms with E-state index < -0.39 is 5.97 Å². The first-order valence-corrected chi connectivity index (χ1v) is 8.19. The van der Waals surface area contributed by atoms with Gasteiger partial charge in [-0.3, -0.25) is 0 Å². The van der Waals surface area contributed by atoms with Crippen molar-refractivity contribution in [3.8, 4) is 0 Å². The zero-order valence-corrected chi connectivity index (χ0v) is 13.6. The molecule has 2 N–H and O–H groups in total. The van der Waals surface area contributed by atoms with Gasteiger partial charge in [0.15, 0.2) is 0 Å². The molecule has 0 aliphatic rings. The zero-order valence-electron chi connectivity index (χ0n) is 12.8. The topological polar surface area (TPSA) is 52.3 Å². The molecule has 2 aromatic rings. The fourth-order valence-electron chi connectivity index (χ4n) is 1.92. The van der Waals surface area contributed by atoms with Crippen molar-refractivity contribution < 1.29 is 13.9 Å². The van der Waals surface area contributed by atoms with E-state index in [1.165, 1.54) is 23.9 Å². The summed E-state index contributed by atoms with van der Waals surface area (Å²) in [7, 11) is 0. The van der Waals surface area contributed by atoms with E-state index in [9.17, 15) is 9.18 Å². The summed E-state index contributed by atoms with van der Waals surface area (Å²) in [6.45, 7) is 2.04. The van der Waals surface area contributed by atoms with E-state index >= 15 is 0 Å². The monoisotopic (exact) mass is 331 g/mol. The molecule has 120 valence electrons. The molecular weight excluding hydrogens is 313 g/mol. The molecule has 0 radical (unpaired) electrons. The maximum Gasteiger partial charge on any atom is 0.330 e. The number of hydrogen-bond donors (Lipinski definition) is 1. The third-order valence-electron chi connectivity index (χ3n) is 3.06. The standard InChI is InChI=1S/C18H18FNO2S/c1-2-22-18(21)9-8-14-10-17(15(19)11-16(14)20)23-12-13-6-4-3-5-7-13/h3-11H,2,12,20H2,1H3. The smallest absolute Gasteiger partial charge is 0.330 e. The molecule has 0 unspecified atom stereocenters. The Morgan fingerprint density at radius 1 is 1.30 bits per heavy atom. The summed E-state index contributed by atoms with van der Waals surface area (Å²) in [5.74, 6) is -0.158. The lowest BCUT2D eigenvalue weighted by Gasteiger charge is -2.08. The fourth-order valence-corrected chi connectivity index (χ4v) is 2.84. The van der Waals surface area contributed by atoms with Gasteiger partial charge in [0.25, 0.3) is 0 Å². The minimum absolute atomic E-state index is 0.284. The van der Waals surface area contributed by atoms with Crippen molar-refractivity contribution in [3.63, 3.8) is 0 Å². The van der Waals surface area contributed by atoms with Crippen molar-refractivity contribution in [2.45, 2.75) is 17.6 Å². The molecule has 0 aromatic heterocycles. The molecule has 2 rings (SSSR count). The van der Waals surface area contributed by atoms with Gasteiger partial charge < -0.3 is 10.5 Å². The van der Waals surface area contributed by atoms with Crippen LogP contribution in [0.25, 0.3) is 6.08 Å². The Labute approximate surface area is 139 Å². The van der Waals surface area contributed by atoms with Gasteiger partial charge in [0.1, 0.15) is 5.82 Å². The molecule has 3 nitrogen and oxygen atoms in total. The normalized spacial score (nSPS) is 10.9. The fraction of sp³-hybridized carbons (Fsp3) is 0.167. The molecule has 0 amide bonds. The SMILES string of the molecule is CCOC(=O)C=Cc1cc(SCc2ccccc2)c(F)cc1N. The third kappa shape index (κ3) is 5.14. The number of hydrogen-bond acceptors (Lipinski definition) is 4. The van der Waals surface area contributed by atoms with Crippen LogP contribution in [0.4, 0.5) is 10.1 Å². The Morgan fingerprint density at radius 2 is 2.04 bits per heavy atom. The maximum atomic E-state index is 14.0. The molecule has 0 heterocycles. The Bertz CT molecular complexity index is 702. The van der Waals surface area contributed by atoms with E-state index in [-0.39, 0.29) is 11.5 Å². The summed E-state index contributed by atoms with van der Waals surface area (Å²) < 4.78 is 18.9. The second-order valence-corrected chi connectivity index (χ2v) is 5.79. The van der Waals surface area contributed by atoms with Gasteiger partial charge in [-0.15, -0.1) is 11.8 Å². The van der Waals surface area contributed by atoms with Crippen LogP contribution in [0.1, 0.15) is 18.1 Å². The van der Waals surface area contributed by atoms with Crippen LogP contribution in [0.15, 0.2) is 53.4 Å². The number of nitrogen functional groups attached to an aromatic ring is 1. The molecule has 0 saturated heterocycles. The van der Waals surface area contributed by atoms with Crippen LogP contribution < -0.4 is 5.73 Å². The van der Waals surface area contributed by atoms with Crippen molar-refractivity contribution in [2.24, 2.45) is 0 Å². The summed E-state index contributed by atoms with van der Waals surface area (Å²) in [6, 6.07) is 12.7. The summed E-state index contributed by atoms with van der Waals surface area (Å²) in [6.07, 6.45) is 2.83. The van der Waals surface area contributed by atoms with Crippen LogP contribution in [0, 0.1) is 5.82 Å². The van der Waals surface area contributed by atoms with E-state index in [1.54, 1.807) is 19.1 Å². The van der Waals surface area contributed by atoms with Crippen LogP contribution in [0.2, 0.25) is 0 Å². The van der Waals surface area contributed by atoms with Crippen molar-refractivity contribution in [1.29, 1.82) is 0 Å². The van der Waals surface area contributed by atoms with Crippen LogP contribution >= 0.6 is 11.8 Å². The number of halogens is 1. The minimum Gasteiger partial charge on any atom is -0.463 e. The summed E-state index contributed by atoms with van der Waals surface area (Å²) >= 11 is 1.39. The Hall–Kier alpha value is -2.27. The van der Waals surface area contributed by atoms with E-state index in [0.29, 0.717) is 22.8 Å². The Balaban J connectivity index is 2.14. The number of thioether (sulfide) groups is 1. The molecule has 0 aliphatic heterocycles. The predicted molar refractivity (Wildman–Crippen MR) is 92.5 cm³/mol. The zero-order chi connectivity index (χ0) is 16.7. The number of nitrogens with two attached hydrogens (primary N) is 1. The molecule has 23 heavy (non-hydrogen) atoms. The van der Waals surface area contributed by atoms with Gasteiger partial charge >= 0.3 is 5.97 Å². The highest BCUT2D eigenvalue weighted by molar-refractivity contribution is 7.98. The quantitative estimate of drug-likeness (QED) is 0.371. The summed E-state index contributed by atoms with van der Waals surface area (Å²) in [5.41, 5.74) is 7.79. The van der Waals surface area contributed by atoms with Crippen molar-refractivity contribution in [2.75, 3.05) is 12.3 Å². The number of benzene rings is 2. The van der Waals surface area contributed by atoms with E-state index in [4.69, 9.17) is 10.5 Å². The van der Waals surface area contributed by atoms with Gasteiger partial charge in [0, 0.05) is 22.4 Å². The number of ether oxygens (including phenoxy) is 1. The molecule has 0 bridgehead atoms. The van der Waals surface area contributed by atoms with E-state index in [0.717, 1.165) is 5.56 Å². The third-order valence-corrected chi connectivity index (χ3v) is 4.16. The highest BCUT2D eigenvalue weighted by Crippen LogP contribution is 2.29. The minimum atomic E-state index is -0.449. The van der Waals surface area contributed by atoms with Gasteiger partial charge in [-0.05, 0) is 36.3 Å². The van der Waals surface area contributed by atoms with E-state index in [2.05, 4.69) is 0 Å². The molecule has 0 saturated carbocycles. The average molecular weight is 331 g/mol. The lowest BCUT2D eigenvalue weighted by atomic mass is 10.1. The van der Waals surface area contributed by atoms with Crippen LogP contribution in [-0.4, -0.2) is 12.6 Å². The highest BCUT2D eigenvalue weighted by atomic mass is 32.2. The second kappa shape index (κ2) is 8.39. The van der Waals surface area contributed by atoms with Gasteiger partial charge in [0.05, 0.1) is 6.61 Å². The first-order chi connectivity index (χ1) is 11.1. The van der Waals surface area contributed by atoms with Crippen molar-refractivity contribution in [1.82, 2.24) is 0 Å². The number of carbonyl (C=O) groups is 1. The van der Waals surface area contributed by atoms with Gasteiger partial charge in [-0.1, -0.05) is 30.3 Å². The summed E-state index contributed by atoms with van der Waals surface area (Å²) in [4.78, 5) is 11.9. The summed E-state index contributed by atoms with van der Waals surface area (Å²) in [5, 5.41) is 0. The number of anilines is 1. The molecule has 2 aromatic carbocycles. The molecule has 5 heteroatoms. The van der Waals surface area contributed by atoms with Crippen LogP contribution in [0.5, 0.6) is 0 Å². The number of rotatable bonds is 6. The Morgan fingerprint density at radius 3 is 2.74 bits per heavy atom. The lowest BCUT2D eigenvalue weighted by Crippen LogP contribution is -1.99. The average Bonchev–Trinajstić information content (AvgIpc) is 2.54. The van der Waals surface area contributed by atoms with Gasteiger partial charge in [0.2, 0.25) is 0 Å². The van der Waals surface area contributed by atoms with E-state index in [1.807, 2.05) is 30.3 Å². The molecule has 0 atom stereocenters. The molecule has 0 aliphatic carbocycles.